The van der Waals surface area contributed by atoms with Crippen LogP contribution in [0.1, 0.15) is 5.56 Å². The van der Waals surface area contributed by atoms with Crippen LogP contribution in [0.5, 0.6) is 0 Å². The van der Waals surface area contributed by atoms with E-state index in [9.17, 15) is 0 Å². The monoisotopic (exact) mass is 299 g/mol. The van der Waals surface area contributed by atoms with E-state index in [1.54, 1.807) is 0 Å². The number of hydrogen-bond acceptors (Lipinski definition) is 5. The fourth-order valence-electron chi connectivity index (χ4n) is 2.33. The smallest absolute Gasteiger partial charge is 0.147 e. The Morgan fingerprint density at radius 1 is 1.29 bits per heavy atom. The Bertz CT molecular complexity index is 732. The molecule has 0 aliphatic rings. The fraction of sp³-hybridized carbons (Fsp3) is 0.200. The van der Waals surface area contributed by atoms with E-state index in [0.717, 1.165) is 28.2 Å². The zero-order valence-corrected chi connectivity index (χ0v) is 12.8. The zero-order valence-electron chi connectivity index (χ0n) is 12.0. The van der Waals surface area contributed by atoms with Crippen molar-refractivity contribution in [3.05, 3.63) is 48.3 Å². The van der Waals surface area contributed by atoms with Crippen LogP contribution in [-0.2, 0) is 13.6 Å². The Morgan fingerprint density at radius 2 is 2.05 bits per heavy atom. The molecule has 21 heavy (non-hydrogen) atoms. The van der Waals surface area contributed by atoms with Crippen molar-refractivity contribution in [2.75, 3.05) is 17.7 Å². The average molecular weight is 299 g/mol. The lowest BCUT2D eigenvalue weighted by Gasteiger charge is -2.18. The first-order valence-electron chi connectivity index (χ1n) is 6.64. The third kappa shape index (κ3) is 2.75. The van der Waals surface area contributed by atoms with E-state index in [0.29, 0.717) is 5.82 Å². The largest absolute Gasteiger partial charge is 0.382 e. The van der Waals surface area contributed by atoms with Gasteiger partial charge in [-0.1, -0.05) is 30.3 Å². The highest BCUT2D eigenvalue weighted by molar-refractivity contribution is 7.11. The molecule has 0 unspecified atom stereocenters. The van der Waals surface area contributed by atoms with Crippen molar-refractivity contribution in [2.45, 2.75) is 6.54 Å². The number of nitrogens with two attached hydrogens (primary N) is 1. The fourth-order valence-corrected chi connectivity index (χ4v) is 3.12. The van der Waals surface area contributed by atoms with Crippen LogP contribution >= 0.6 is 11.5 Å². The summed E-state index contributed by atoms with van der Waals surface area (Å²) in [5.41, 5.74) is 9.32. The van der Waals surface area contributed by atoms with Crippen LogP contribution in [-0.4, -0.2) is 21.2 Å². The average Bonchev–Trinajstić information content (AvgIpc) is 3.06. The summed E-state index contributed by atoms with van der Waals surface area (Å²) in [4.78, 5) is 2.16. The molecule has 0 bridgehead atoms. The van der Waals surface area contributed by atoms with E-state index in [1.165, 1.54) is 11.5 Å². The number of aromatic nitrogens is 3. The van der Waals surface area contributed by atoms with Gasteiger partial charge >= 0.3 is 0 Å². The van der Waals surface area contributed by atoms with Crippen molar-refractivity contribution in [2.24, 2.45) is 7.05 Å². The van der Waals surface area contributed by atoms with E-state index in [1.807, 2.05) is 49.4 Å². The van der Waals surface area contributed by atoms with Crippen LogP contribution in [0.4, 0.5) is 10.8 Å². The van der Waals surface area contributed by atoms with Gasteiger partial charge in [-0.2, -0.15) is 9.47 Å². The van der Waals surface area contributed by atoms with Crippen molar-refractivity contribution >= 4 is 22.4 Å². The molecule has 0 saturated heterocycles. The molecule has 0 amide bonds. The van der Waals surface area contributed by atoms with Gasteiger partial charge in [-0.25, -0.2) is 0 Å². The Labute approximate surface area is 127 Å². The van der Waals surface area contributed by atoms with Crippen LogP contribution in [0, 0.1) is 0 Å². The van der Waals surface area contributed by atoms with Gasteiger partial charge in [-0.05, 0) is 17.1 Å². The molecule has 6 heteroatoms. The van der Waals surface area contributed by atoms with E-state index in [-0.39, 0.29) is 0 Å². The van der Waals surface area contributed by atoms with Crippen LogP contribution in [0.3, 0.4) is 0 Å². The first-order chi connectivity index (χ1) is 10.1. The molecule has 0 saturated carbocycles. The van der Waals surface area contributed by atoms with Crippen LogP contribution in [0.15, 0.2) is 42.7 Å². The maximum Gasteiger partial charge on any atom is 0.147 e. The summed E-state index contributed by atoms with van der Waals surface area (Å²) in [5, 5.41) is 5.27. The van der Waals surface area contributed by atoms with Gasteiger partial charge in [0.25, 0.3) is 0 Å². The number of anilines is 2. The second kappa shape index (κ2) is 5.57. The van der Waals surface area contributed by atoms with Crippen molar-refractivity contribution in [1.82, 2.24) is 14.2 Å². The maximum atomic E-state index is 6.06. The molecule has 0 fully saturated rings. The second-order valence-corrected chi connectivity index (χ2v) is 5.74. The van der Waals surface area contributed by atoms with Crippen molar-refractivity contribution < 1.29 is 0 Å². The molecule has 3 rings (SSSR count). The molecule has 0 radical (unpaired) electrons. The molecule has 0 aliphatic carbocycles. The van der Waals surface area contributed by atoms with Crippen molar-refractivity contribution in [3.63, 3.8) is 0 Å². The highest BCUT2D eigenvalue weighted by Gasteiger charge is 2.17. The normalized spacial score (nSPS) is 10.8. The summed E-state index contributed by atoms with van der Waals surface area (Å²) in [7, 11) is 3.97. The van der Waals surface area contributed by atoms with Gasteiger partial charge in [0.1, 0.15) is 10.8 Å². The highest BCUT2D eigenvalue weighted by Crippen LogP contribution is 2.39. The number of rotatable bonds is 4. The van der Waals surface area contributed by atoms with Gasteiger partial charge in [-0.15, -0.1) is 0 Å². The highest BCUT2D eigenvalue weighted by atomic mass is 32.1. The molecule has 5 nitrogen and oxygen atoms in total. The van der Waals surface area contributed by atoms with E-state index >= 15 is 0 Å². The Kier molecular flexibility index (Phi) is 3.62. The molecule has 108 valence electrons. The first-order valence-corrected chi connectivity index (χ1v) is 7.41. The second-order valence-electron chi connectivity index (χ2n) is 4.99. The van der Waals surface area contributed by atoms with Gasteiger partial charge < -0.3 is 10.6 Å². The minimum atomic E-state index is 0.583. The number of aryl methyl sites for hydroxylation is 1. The predicted octanol–water partition coefficient (Wildman–Crippen LogP) is 2.76. The quantitative estimate of drug-likeness (QED) is 0.804. The van der Waals surface area contributed by atoms with E-state index in [4.69, 9.17) is 5.73 Å². The Hall–Kier alpha value is -2.34. The summed E-state index contributed by atoms with van der Waals surface area (Å²) in [6, 6.07) is 10.1. The van der Waals surface area contributed by atoms with Gasteiger partial charge in [0.2, 0.25) is 0 Å². The molecule has 0 atom stereocenters. The minimum Gasteiger partial charge on any atom is -0.382 e. The van der Waals surface area contributed by atoms with Crippen LogP contribution in [0.25, 0.3) is 11.1 Å². The standard InChI is InChI=1S/C15H17N5S/c1-19(9-11-8-17-20(2)10-11)15-13(14(16)18-21-15)12-6-4-3-5-7-12/h3-8,10H,9H2,1-2H3,(H2,16,18). The lowest BCUT2D eigenvalue weighted by atomic mass is 10.1. The molecule has 1 aromatic carbocycles. The van der Waals surface area contributed by atoms with Crippen molar-refractivity contribution in [3.8, 4) is 11.1 Å². The molecule has 2 heterocycles. The van der Waals surface area contributed by atoms with Crippen LogP contribution < -0.4 is 10.6 Å². The van der Waals surface area contributed by atoms with Gasteiger partial charge in [0.05, 0.1) is 11.8 Å². The molecule has 0 spiro atoms. The third-order valence-corrected chi connectivity index (χ3v) is 4.26. The Balaban J connectivity index is 1.92. The molecule has 2 aromatic heterocycles. The number of benzene rings is 1. The van der Waals surface area contributed by atoms with Gasteiger partial charge in [0, 0.05) is 32.4 Å². The molecular formula is C15H17N5S. The first kappa shape index (κ1) is 13.6. The lowest BCUT2D eigenvalue weighted by molar-refractivity contribution is 0.766. The topological polar surface area (TPSA) is 60.0 Å². The number of hydrogen-bond donors (Lipinski definition) is 1. The Morgan fingerprint density at radius 3 is 2.71 bits per heavy atom. The minimum absolute atomic E-state index is 0.583. The number of nitrogens with zero attached hydrogens (tertiary/aromatic N) is 4. The molecule has 0 aliphatic heterocycles. The van der Waals surface area contributed by atoms with E-state index in [2.05, 4.69) is 26.5 Å². The lowest BCUT2D eigenvalue weighted by Crippen LogP contribution is -2.15. The van der Waals surface area contributed by atoms with Gasteiger partial charge in [-0.3, -0.25) is 4.68 Å². The predicted molar refractivity (Wildman–Crippen MR) is 87.3 cm³/mol. The number of nitrogen functional groups attached to an aromatic ring is 1. The van der Waals surface area contributed by atoms with Gasteiger partial charge in [0.15, 0.2) is 0 Å². The maximum absolute atomic E-state index is 6.06. The summed E-state index contributed by atoms with van der Waals surface area (Å²) in [6.45, 7) is 0.773. The summed E-state index contributed by atoms with van der Waals surface area (Å²) >= 11 is 1.43. The SMILES string of the molecule is CN(Cc1cnn(C)c1)c1snc(N)c1-c1ccccc1. The van der Waals surface area contributed by atoms with Crippen molar-refractivity contribution in [1.29, 1.82) is 0 Å². The third-order valence-electron chi connectivity index (χ3n) is 3.29. The van der Waals surface area contributed by atoms with Crippen LogP contribution in [0.2, 0.25) is 0 Å². The molecular weight excluding hydrogens is 282 g/mol. The summed E-state index contributed by atoms with van der Waals surface area (Å²) in [5.74, 6) is 0.583. The summed E-state index contributed by atoms with van der Waals surface area (Å²) < 4.78 is 6.13. The molecule has 2 N–H and O–H groups in total. The summed E-state index contributed by atoms with van der Waals surface area (Å²) in [6.07, 6.45) is 3.90. The molecule has 3 aromatic rings. The van der Waals surface area contributed by atoms with E-state index < -0.39 is 0 Å². The zero-order chi connectivity index (χ0) is 14.8.